The third-order valence-corrected chi connectivity index (χ3v) is 9.40. The number of carbonyl (C=O) groups excluding carboxylic acids is 3. The Morgan fingerprint density at radius 2 is 1.74 bits per heavy atom. The van der Waals surface area contributed by atoms with Crippen LogP contribution in [0.4, 0.5) is 0 Å². The Morgan fingerprint density at radius 3 is 2.42 bits per heavy atom. The first kappa shape index (κ1) is 21.2. The first-order valence-electron chi connectivity index (χ1n) is 11.7. The molecule has 0 radical (unpaired) electrons. The van der Waals surface area contributed by atoms with Crippen molar-refractivity contribution in [1.29, 1.82) is 0 Å². The van der Waals surface area contributed by atoms with Crippen molar-refractivity contribution in [1.82, 2.24) is 0 Å². The molecule has 7 heteroatoms. The number of ether oxygens (including phenoxy) is 4. The molecule has 7 nitrogen and oxygen atoms in total. The number of rotatable bonds is 2. The maximum Gasteiger partial charge on any atom is 0.311 e. The summed E-state index contributed by atoms with van der Waals surface area (Å²) in [7, 11) is 0. The second-order valence-corrected chi connectivity index (χ2v) is 11.4. The van der Waals surface area contributed by atoms with Gasteiger partial charge in [0.2, 0.25) is 12.6 Å². The molecule has 5 rings (SSSR count). The molecule has 2 heterocycles. The van der Waals surface area contributed by atoms with Gasteiger partial charge < -0.3 is 18.9 Å². The minimum atomic E-state index is -0.790. The Labute approximate surface area is 183 Å². The van der Waals surface area contributed by atoms with E-state index >= 15 is 0 Å². The fourth-order valence-electron chi connectivity index (χ4n) is 8.91. The van der Waals surface area contributed by atoms with E-state index in [9.17, 15) is 14.4 Å². The quantitative estimate of drug-likeness (QED) is 0.485. The maximum atomic E-state index is 12.6. The Morgan fingerprint density at radius 1 is 1.03 bits per heavy atom. The summed E-state index contributed by atoms with van der Waals surface area (Å²) in [6.45, 7) is 9.75. The Bertz CT molecular complexity index is 821. The average molecular weight is 435 g/mol. The van der Waals surface area contributed by atoms with Crippen LogP contribution in [0.3, 0.4) is 0 Å². The zero-order chi connectivity index (χ0) is 22.3. The second kappa shape index (κ2) is 6.69. The van der Waals surface area contributed by atoms with E-state index in [1.165, 1.54) is 13.8 Å². The molecule has 0 bridgehead atoms. The van der Waals surface area contributed by atoms with Crippen molar-refractivity contribution >= 4 is 17.9 Å². The first-order chi connectivity index (χ1) is 14.5. The summed E-state index contributed by atoms with van der Waals surface area (Å²) >= 11 is 0. The van der Waals surface area contributed by atoms with E-state index in [1.54, 1.807) is 0 Å². The number of hydrogen-bond donors (Lipinski definition) is 0. The number of carbonyl (C=O) groups is 3. The van der Waals surface area contributed by atoms with Gasteiger partial charge in [-0.3, -0.25) is 14.4 Å². The zero-order valence-corrected chi connectivity index (χ0v) is 19.1. The fourth-order valence-corrected chi connectivity index (χ4v) is 8.91. The third kappa shape index (κ3) is 2.77. The number of hydrogen-bond acceptors (Lipinski definition) is 7. The lowest BCUT2D eigenvalue weighted by Crippen LogP contribution is -2.67. The van der Waals surface area contributed by atoms with Gasteiger partial charge >= 0.3 is 17.9 Å². The van der Waals surface area contributed by atoms with Gasteiger partial charge in [0.1, 0.15) is 6.10 Å². The van der Waals surface area contributed by atoms with Gasteiger partial charge in [-0.05, 0) is 48.9 Å². The van der Waals surface area contributed by atoms with Crippen LogP contribution in [0.1, 0.15) is 73.1 Å². The molecular formula is C24H34O7. The summed E-state index contributed by atoms with van der Waals surface area (Å²) in [5, 5.41) is 0. The predicted octanol–water partition coefficient (Wildman–Crippen LogP) is 3.59. The molecule has 9 atom stereocenters. The normalized spacial score (nSPS) is 49.3. The lowest BCUT2D eigenvalue weighted by Gasteiger charge is -2.66. The van der Waals surface area contributed by atoms with Gasteiger partial charge in [-0.2, -0.15) is 0 Å². The van der Waals surface area contributed by atoms with Crippen LogP contribution in [0.5, 0.6) is 0 Å². The summed E-state index contributed by atoms with van der Waals surface area (Å²) in [4.78, 5) is 36.9. The van der Waals surface area contributed by atoms with Crippen molar-refractivity contribution < 1.29 is 33.3 Å². The largest absolute Gasteiger partial charge is 0.462 e. The molecule has 5 aliphatic rings. The molecule has 0 N–H and O–H groups in total. The van der Waals surface area contributed by atoms with Gasteiger partial charge in [-0.15, -0.1) is 0 Å². The van der Waals surface area contributed by atoms with E-state index in [0.717, 1.165) is 32.1 Å². The van der Waals surface area contributed by atoms with Crippen molar-refractivity contribution in [2.45, 2.75) is 91.8 Å². The summed E-state index contributed by atoms with van der Waals surface area (Å²) in [5.41, 5.74) is -0.694. The van der Waals surface area contributed by atoms with Gasteiger partial charge in [0.05, 0.1) is 5.92 Å². The van der Waals surface area contributed by atoms with Crippen molar-refractivity contribution in [3.05, 3.63) is 0 Å². The van der Waals surface area contributed by atoms with E-state index < -0.39 is 24.0 Å². The van der Waals surface area contributed by atoms with Crippen molar-refractivity contribution in [3.63, 3.8) is 0 Å². The topological polar surface area (TPSA) is 88.1 Å². The maximum absolute atomic E-state index is 12.6. The molecule has 31 heavy (non-hydrogen) atoms. The molecule has 1 spiro atoms. The van der Waals surface area contributed by atoms with Crippen molar-refractivity contribution in [3.8, 4) is 0 Å². The molecule has 3 aliphatic carbocycles. The van der Waals surface area contributed by atoms with Crippen LogP contribution in [0, 0.1) is 39.9 Å². The standard InChI is InChI=1S/C24H34O7/c1-12(25)28-15-11-24-16(23(5)10-6-9-22(3,4)18(15)23)8-7-14-17(24)20(30-19(14)27)31-21(24)29-13(2)26/h14-18,20-21H,6-11H2,1-5H3/t14-,15+,16+,17+,18+,20+,21+,23-,24+/m1/s1. The molecule has 0 aromatic heterocycles. The van der Waals surface area contributed by atoms with Crippen molar-refractivity contribution in [2.24, 2.45) is 39.9 Å². The summed E-state index contributed by atoms with van der Waals surface area (Å²) < 4.78 is 23.6. The zero-order valence-electron chi connectivity index (χ0n) is 19.1. The highest BCUT2D eigenvalue weighted by atomic mass is 16.8. The van der Waals surface area contributed by atoms with Crippen LogP contribution in [0.25, 0.3) is 0 Å². The van der Waals surface area contributed by atoms with Gasteiger partial charge in [0, 0.05) is 31.1 Å². The van der Waals surface area contributed by atoms with Crippen LogP contribution in [-0.2, 0) is 33.3 Å². The molecule has 3 saturated carbocycles. The lowest BCUT2D eigenvalue weighted by molar-refractivity contribution is -0.272. The van der Waals surface area contributed by atoms with Gasteiger partial charge in [-0.25, -0.2) is 0 Å². The lowest BCUT2D eigenvalue weighted by atomic mass is 9.38. The molecule has 5 fully saturated rings. The summed E-state index contributed by atoms with van der Waals surface area (Å²) in [6.07, 6.45) is 3.58. The van der Waals surface area contributed by atoms with E-state index in [0.29, 0.717) is 6.42 Å². The van der Waals surface area contributed by atoms with E-state index in [-0.39, 0.29) is 52.5 Å². The smallest absolute Gasteiger partial charge is 0.311 e. The minimum Gasteiger partial charge on any atom is -0.462 e. The van der Waals surface area contributed by atoms with E-state index in [4.69, 9.17) is 18.9 Å². The van der Waals surface area contributed by atoms with Crippen LogP contribution < -0.4 is 0 Å². The van der Waals surface area contributed by atoms with Crippen LogP contribution in [-0.4, -0.2) is 36.6 Å². The van der Waals surface area contributed by atoms with Gasteiger partial charge in [-0.1, -0.05) is 27.2 Å². The molecule has 2 saturated heterocycles. The van der Waals surface area contributed by atoms with Crippen molar-refractivity contribution in [2.75, 3.05) is 0 Å². The summed E-state index contributed by atoms with van der Waals surface area (Å²) in [6, 6.07) is 0. The Hall–Kier alpha value is -1.63. The van der Waals surface area contributed by atoms with Crippen LogP contribution >= 0.6 is 0 Å². The first-order valence-corrected chi connectivity index (χ1v) is 11.7. The molecule has 0 amide bonds. The number of fused-ring (bicyclic) bond motifs is 2. The monoisotopic (exact) mass is 434 g/mol. The SMILES string of the molecule is CC(=O)O[C@H]1O[C@@H]2OC(=O)[C@@H]3CC[C@H]4[C@@]5(C)CCCC(C)(C)[C@@H]5[C@@H](OC(C)=O)C[C@]14[C@H]23. The molecule has 2 aliphatic heterocycles. The molecular weight excluding hydrogens is 400 g/mol. The minimum absolute atomic E-state index is 0.0172. The molecule has 0 aromatic rings. The van der Waals surface area contributed by atoms with Gasteiger partial charge in [0.15, 0.2) is 0 Å². The number of esters is 3. The highest BCUT2D eigenvalue weighted by molar-refractivity contribution is 5.76. The second-order valence-electron chi connectivity index (χ2n) is 11.4. The molecule has 0 unspecified atom stereocenters. The third-order valence-electron chi connectivity index (χ3n) is 9.40. The fraction of sp³-hybridized carbons (Fsp3) is 0.875. The van der Waals surface area contributed by atoms with E-state index in [2.05, 4.69) is 20.8 Å². The predicted molar refractivity (Wildman–Crippen MR) is 108 cm³/mol. The Kier molecular flexibility index (Phi) is 4.58. The average Bonchev–Trinajstić information content (AvgIpc) is 3.10. The van der Waals surface area contributed by atoms with E-state index in [1.807, 2.05) is 0 Å². The highest BCUT2D eigenvalue weighted by Crippen LogP contribution is 2.74. The molecule has 0 aromatic carbocycles. The van der Waals surface area contributed by atoms with Crippen LogP contribution in [0.15, 0.2) is 0 Å². The summed E-state index contributed by atoms with van der Waals surface area (Å²) in [5.74, 6) is -0.961. The highest BCUT2D eigenvalue weighted by Gasteiger charge is 2.77. The Balaban J connectivity index is 1.67. The molecule has 172 valence electrons. The van der Waals surface area contributed by atoms with Gasteiger partial charge in [0.25, 0.3) is 0 Å². The van der Waals surface area contributed by atoms with Crippen LogP contribution in [0.2, 0.25) is 0 Å².